The third-order valence-corrected chi connectivity index (χ3v) is 12.6. The highest BCUT2D eigenvalue weighted by Crippen LogP contribution is 2.66. The van der Waals surface area contributed by atoms with Crippen LogP contribution in [0.4, 0.5) is 0 Å². The van der Waals surface area contributed by atoms with Gasteiger partial charge >= 0.3 is 5.97 Å². The van der Waals surface area contributed by atoms with E-state index in [1.807, 2.05) is 48.5 Å². The molecule has 2 N–H and O–H groups in total. The van der Waals surface area contributed by atoms with Crippen molar-refractivity contribution in [3.05, 3.63) is 89.0 Å². The van der Waals surface area contributed by atoms with E-state index in [1.165, 1.54) is 25.3 Å². The summed E-state index contributed by atoms with van der Waals surface area (Å²) in [7, 11) is 0. The molecule has 3 aromatic carbocycles. The number of aromatic hydroxyl groups is 1. The van der Waals surface area contributed by atoms with Crippen molar-refractivity contribution in [3.8, 4) is 17.2 Å². The average molecular weight is 678 g/mol. The van der Waals surface area contributed by atoms with E-state index in [1.54, 1.807) is 6.07 Å². The van der Waals surface area contributed by atoms with Crippen LogP contribution < -0.4 is 14.9 Å². The molecule has 1 saturated heterocycles. The van der Waals surface area contributed by atoms with Crippen LogP contribution in [-0.4, -0.2) is 52.6 Å². The van der Waals surface area contributed by atoms with Crippen molar-refractivity contribution in [1.82, 2.24) is 5.43 Å². The zero-order valence-electron chi connectivity index (χ0n) is 29.1. The minimum absolute atomic E-state index is 0.0338. The van der Waals surface area contributed by atoms with Crippen LogP contribution in [-0.2, 0) is 27.8 Å². The number of ketones is 1. The summed E-state index contributed by atoms with van der Waals surface area (Å²) in [6.07, 6.45) is 10.1. The third-order valence-electron chi connectivity index (χ3n) is 12.6. The molecule has 8 rings (SSSR count). The van der Waals surface area contributed by atoms with Gasteiger partial charge in [0.05, 0.1) is 5.41 Å². The van der Waals surface area contributed by atoms with E-state index in [0.29, 0.717) is 47.7 Å². The van der Waals surface area contributed by atoms with Crippen molar-refractivity contribution in [2.45, 2.75) is 102 Å². The molecule has 2 saturated carbocycles. The lowest BCUT2D eigenvalue weighted by atomic mass is 9.51. The van der Waals surface area contributed by atoms with E-state index in [-0.39, 0.29) is 46.8 Å². The second kappa shape index (κ2) is 13.2. The number of piperidine rings is 1. The van der Waals surface area contributed by atoms with Crippen molar-refractivity contribution in [2.24, 2.45) is 17.8 Å². The van der Waals surface area contributed by atoms with Gasteiger partial charge in [-0.2, -0.15) is 0 Å². The normalized spacial score (nSPS) is 27.8. The van der Waals surface area contributed by atoms with E-state index in [4.69, 9.17) is 9.47 Å². The average Bonchev–Trinajstić information content (AvgIpc) is 3.87. The van der Waals surface area contributed by atoms with Gasteiger partial charge in [-0.15, -0.1) is 0 Å². The molecule has 3 aromatic rings. The van der Waals surface area contributed by atoms with Crippen LogP contribution in [0.5, 0.6) is 17.2 Å². The SMILES string of the molecule is CC(=O)Oc1cc(O)c2c3c1O[C@H]1CCC[C@H]4[C@@H](C2)[N+](CC2CC2)(NC(=O)C(CCCC(=O)c2ccccc2)CCc2ccccc2)CC[C@]314. The lowest BCUT2D eigenvalue weighted by Gasteiger charge is -2.61. The zero-order chi connectivity index (χ0) is 34.5. The number of phenols is 1. The Balaban J connectivity index is 1.09. The number of likely N-dealkylation sites (tertiary alicyclic amines) is 1. The summed E-state index contributed by atoms with van der Waals surface area (Å²) in [6.45, 7) is 3.09. The van der Waals surface area contributed by atoms with E-state index in [2.05, 4.69) is 17.6 Å². The molecule has 8 nitrogen and oxygen atoms in total. The number of esters is 1. The van der Waals surface area contributed by atoms with Gasteiger partial charge in [0.2, 0.25) is 0 Å². The summed E-state index contributed by atoms with van der Waals surface area (Å²) < 4.78 is 12.8. The van der Waals surface area contributed by atoms with Gasteiger partial charge in [0, 0.05) is 66.7 Å². The third kappa shape index (κ3) is 5.89. The molecule has 2 aliphatic heterocycles. The van der Waals surface area contributed by atoms with Crippen molar-refractivity contribution in [3.63, 3.8) is 0 Å². The Hall–Kier alpha value is -4.17. The number of carbonyl (C=O) groups excluding carboxylic acids is 3. The first-order valence-electron chi connectivity index (χ1n) is 18.8. The van der Waals surface area contributed by atoms with Crippen LogP contribution in [0.15, 0.2) is 66.7 Å². The van der Waals surface area contributed by atoms with E-state index < -0.39 is 5.97 Å². The molecular formula is C42H49N2O6+. The van der Waals surface area contributed by atoms with Gasteiger partial charge in [0.25, 0.3) is 5.91 Å². The van der Waals surface area contributed by atoms with Gasteiger partial charge in [-0.1, -0.05) is 60.7 Å². The first kappa shape index (κ1) is 33.0. The van der Waals surface area contributed by atoms with Crippen molar-refractivity contribution in [1.29, 1.82) is 0 Å². The van der Waals surface area contributed by atoms with Crippen LogP contribution in [0.1, 0.15) is 98.2 Å². The Kier molecular flexibility index (Phi) is 8.70. The number of phenolic OH excluding ortho intramolecular Hbond substituents is 1. The number of hydrogen-bond acceptors (Lipinski definition) is 6. The van der Waals surface area contributed by atoms with Gasteiger partial charge < -0.3 is 14.6 Å². The van der Waals surface area contributed by atoms with Crippen molar-refractivity contribution < 1.29 is 33.6 Å². The molecule has 8 heteroatoms. The molecule has 2 unspecified atom stereocenters. The van der Waals surface area contributed by atoms with Gasteiger partial charge in [0.15, 0.2) is 17.3 Å². The van der Waals surface area contributed by atoms with Gasteiger partial charge in [0.1, 0.15) is 31.0 Å². The number of carbonyl (C=O) groups is 3. The minimum Gasteiger partial charge on any atom is -0.508 e. The summed E-state index contributed by atoms with van der Waals surface area (Å²) in [5, 5.41) is 11.5. The predicted octanol–water partition coefficient (Wildman–Crippen LogP) is 7.01. The first-order chi connectivity index (χ1) is 24.3. The maximum Gasteiger partial charge on any atom is 0.308 e. The quantitative estimate of drug-likeness (QED) is 0.0874. The number of amides is 1. The molecular weight excluding hydrogens is 628 g/mol. The molecule has 3 fully saturated rings. The summed E-state index contributed by atoms with van der Waals surface area (Å²) in [5.41, 5.74) is 7.36. The summed E-state index contributed by atoms with van der Waals surface area (Å²) in [4.78, 5) is 39.7. The van der Waals surface area contributed by atoms with Crippen LogP contribution in [0.25, 0.3) is 0 Å². The molecule has 0 radical (unpaired) electrons. The number of Topliss-reactive ketones (excluding diaryl/α,β-unsaturated/α-hetero) is 1. The second-order valence-electron chi connectivity index (χ2n) is 15.6. The van der Waals surface area contributed by atoms with Crippen LogP contribution in [0, 0.1) is 17.8 Å². The van der Waals surface area contributed by atoms with Crippen LogP contribution >= 0.6 is 0 Å². The van der Waals surface area contributed by atoms with E-state index in [9.17, 15) is 19.5 Å². The Morgan fingerprint density at radius 2 is 1.78 bits per heavy atom. The Morgan fingerprint density at radius 3 is 2.52 bits per heavy atom. The van der Waals surface area contributed by atoms with Crippen molar-refractivity contribution in [2.75, 3.05) is 13.1 Å². The molecule has 2 bridgehead atoms. The fourth-order valence-electron chi connectivity index (χ4n) is 10.2. The lowest BCUT2D eigenvalue weighted by molar-refractivity contribution is -0.995. The second-order valence-corrected chi connectivity index (χ2v) is 15.6. The number of hydrogen-bond donors (Lipinski definition) is 2. The molecule has 6 atom stereocenters. The summed E-state index contributed by atoms with van der Waals surface area (Å²) in [5.74, 6) is 1.51. The Labute approximate surface area is 294 Å². The molecule has 1 spiro atoms. The fourth-order valence-corrected chi connectivity index (χ4v) is 10.2. The molecule has 262 valence electrons. The molecule has 1 amide bonds. The number of ether oxygens (including phenoxy) is 2. The van der Waals surface area contributed by atoms with Gasteiger partial charge in [-0.05, 0) is 63.4 Å². The minimum atomic E-state index is -0.431. The highest BCUT2D eigenvalue weighted by Gasteiger charge is 2.69. The Bertz CT molecular complexity index is 1770. The van der Waals surface area contributed by atoms with Crippen molar-refractivity contribution >= 4 is 17.7 Å². The number of nitrogens with zero attached hydrogens (tertiary/aromatic N) is 1. The number of nitrogens with one attached hydrogen (secondary N) is 1. The number of quaternary nitrogens is 1. The molecule has 50 heavy (non-hydrogen) atoms. The first-order valence-corrected chi connectivity index (χ1v) is 18.8. The van der Waals surface area contributed by atoms with E-state index in [0.717, 1.165) is 68.3 Å². The topological polar surface area (TPSA) is 102 Å². The van der Waals surface area contributed by atoms with Gasteiger partial charge in [-0.25, -0.2) is 10.0 Å². The molecule has 5 aliphatic rings. The maximum atomic E-state index is 14.7. The highest BCUT2D eigenvalue weighted by molar-refractivity contribution is 5.96. The number of aryl methyl sites for hydroxylation is 1. The van der Waals surface area contributed by atoms with Crippen LogP contribution in [0.3, 0.4) is 0 Å². The molecule has 3 aliphatic carbocycles. The predicted molar refractivity (Wildman–Crippen MR) is 189 cm³/mol. The lowest BCUT2D eigenvalue weighted by Crippen LogP contribution is -2.77. The number of rotatable bonds is 13. The number of benzene rings is 3. The van der Waals surface area contributed by atoms with E-state index >= 15 is 0 Å². The fraction of sp³-hybridized carbons (Fsp3) is 0.500. The highest BCUT2D eigenvalue weighted by atomic mass is 16.6. The summed E-state index contributed by atoms with van der Waals surface area (Å²) >= 11 is 0. The standard InChI is InChI=1S/C42H48N2O6/c1-27(45)49-37-25-36(47)32-24-34-33-15-9-17-38-42(33,39(32)40(37)50-38)22-23-44(34,26-29-18-19-29)43-41(48)31(21-20-28-10-4-2-5-11-28)14-8-16-35(46)30-12-6-3-7-13-30/h2-7,10-13,25,29,31,33-34,38H,8-9,14-24,26H2,1H3,(H-,43,47,48)/p+1/t31?,33-,34+,38-,42+,44?/m0/s1. The molecule has 2 heterocycles. The Morgan fingerprint density at radius 1 is 1.02 bits per heavy atom. The summed E-state index contributed by atoms with van der Waals surface area (Å²) in [6, 6.07) is 21.4. The van der Waals surface area contributed by atoms with Gasteiger partial charge in [-0.3, -0.25) is 14.4 Å². The molecule has 0 aromatic heterocycles. The maximum absolute atomic E-state index is 14.7. The smallest absolute Gasteiger partial charge is 0.308 e. The monoisotopic (exact) mass is 677 g/mol. The largest absolute Gasteiger partial charge is 0.508 e. The zero-order valence-corrected chi connectivity index (χ0v) is 29.1. The van der Waals surface area contributed by atoms with Crippen LogP contribution in [0.2, 0.25) is 0 Å².